The van der Waals surface area contributed by atoms with E-state index in [1.165, 1.54) is 0 Å². The Labute approximate surface area is 137 Å². The molecule has 0 N–H and O–H groups in total. The fourth-order valence-electron chi connectivity index (χ4n) is 1.80. The van der Waals surface area contributed by atoms with Crippen LogP contribution in [0.3, 0.4) is 0 Å². The third kappa shape index (κ3) is 2.66. The fourth-order valence-corrected chi connectivity index (χ4v) is 2.77. The van der Waals surface area contributed by atoms with Crippen LogP contribution in [0.2, 0.25) is 5.28 Å². The molecule has 0 aliphatic heterocycles. The van der Waals surface area contributed by atoms with Crippen molar-refractivity contribution in [2.75, 3.05) is 0 Å². The molecule has 0 spiro atoms. The molecule has 20 heavy (non-hydrogen) atoms. The summed E-state index contributed by atoms with van der Waals surface area (Å²) in [5.41, 5.74) is 0. The maximum atomic E-state index is 5.80. The zero-order valence-electron chi connectivity index (χ0n) is 9.98. The molecule has 0 aliphatic rings. The van der Waals surface area contributed by atoms with E-state index in [0.29, 0.717) is 16.1 Å². The zero-order valence-corrected chi connectivity index (χ0v) is 13.9. The van der Waals surface area contributed by atoms with Crippen LogP contribution in [0.5, 0.6) is 11.6 Å². The second kappa shape index (κ2) is 5.68. The lowest BCUT2D eigenvalue weighted by Crippen LogP contribution is -1.92. The Balaban J connectivity index is 2.07. The summed E-state index contributed by atoms with van der Waals surface area (Å²) in [7, 11) is 0. The van der Waals surface area contributed by atoms with Crippen molar-refractivity contribution >= 4 is 54.2 Å². The van der Waals surface area contributed by atoms with Gasteiger partial charge in [0.25, 0.3) is 0 Å². The molecule has 100 valence electrons. The van der Waals surface area contributed by atoms with Crippen molar-refractivity contribution < 1.29 is 4.74 Å². The van der Waals surface area contributed by atoms with E-state index in [-0.39, 0.29) is 5.28 Å². The van der Waals surface area contributed by atoms with Gasteiger partial charge in [-0.15, -0.1) is 0 Å². The van der Waals surface area contributed by atoms with Crippen molar-refractivity contribution in [3.05, 3.63) is 56.8 Å². The lowest BCUT2D eigenvalue weighted by atomic mass is 10.1. The monoisotopic (exact) mass is 412 g/mol. The topological polar surface area (TPSA) is 35.0 Å². The second-order valence-corrected chi connectivity index (χ2v) is 5.98. The number of nitrogens with zero attached hydrogens (tertiary/aromatic N) is 2. The molecule has 2 aromatic carbocycles. The van der Waals surface area contributed by atoms with Crippen LogP contribution >= 0.6 is 43.5 Å². The van der Waals surface area contributed by atoms with E-state index in [2.05, 4.69) is 41.8 Å². The fraction of sp³-hybridized carbons (Fsp3) is 0. The smallest absolute Gasteiger partial charge is 0.238 e. The molecule has 0 atom stereocenters. The molecule has 0 fully saturated rings. The molecular weight excluding hydrogens is 407 g/mol. The van der Waals surface area contributed by atoms with E-state index in [4.69, 9.17) is 16.3 Å². The van der Waals surface area contributed by atoms with Crippen LogP contribution in [0.1, 0.15) is 0 Å². The van der Waals surface area contributed by atoms with Gasteiger partial charge in [-0.05, 0) is 60.3 Å². The molecule has 1 aromatic heterocycles. The van der Waals surface area contributed by atoms with Crippen LogP contribution in [0, 0.1) is 0 Å². The minimum atomic E-state index is 0.139. The van der Waals surface area contributed by atoms with Gasteiger partial charge >= 0.3 is 0 Å². The second-order valence-electron chi connectivity index (χ2n) is 3.99. The lowest BCUT2D eigenvalue weighted by Gasteiger charge is -2.10. The summed E-state index contributed by atoms with van der Waals surface area (Å²) in [4.78, 5) is 7.92. The molecule has 0 bridgehead atoms. The lowest BCUT2D eigenvalue weighted by molar-refractivity contribution is 0.456. The molecule has 3 rings (SSSR count). The van der Waals surface area contributed by atoms with Gasteiger partial charge in [-0.3, -0.25) is 0 Å². The predicted molar refractivity (Wildman–Crippen MR) is 86.5 cm³/mol. The van der Waals surface area contributed by atoms with Gasteiger partial charge in [-0.2, -0.15) is 4.98 Å². The van der Waals surface area contributed by atoms with Crippen LogP contribution in [-0.2, 0) is 0 Å². The highest BCUT2D eigenvalue weighted by Gasteiger charge is 2.11. The van der Waals surface area contributed by atoms with Gasteiger partial charge in [-0.25, -0.2) is 4.98 Å². The van der Waals surface area contributed by atoms with Crippen molar-refractivity contribution in [3.8, 4) is 11.6 Å². The molecular formula is C14H7Br2ClN2O. The van der Waals surface area contributed by atoms with Crippen LogP contribution in [0.4, 0.5) is 0 Å². The number of hydrogen-bond acceptors (Lipinski definition) is 3. The maximum Gasteiger partial charge on any atom is 0.238 e. The molecule has 0 unspecified atom stereocenters. The number of ether oxygens (including phenoxy) is 1. The first-order valence-corrected chi connectivity index (χ1v) is 7.64. The van der Waals surface area contributed by atoms with Gasteiger partial charge in [-0.1, -0.05) is 30.3 Å². The Morgan fingerprint density at radius 3 is 2.70 bits per heavy atom. The third-order valence-electron chi connectivity index (χ3n) is 2.72. The van der Waals surface area contributed by atoms with Crippen molar-refractivity contribution in [1.29, 1.82) is 0 Å². The number of fused-ring (bicyclic) bond motifs is 1. The Kier molecular flexibility index (Phi) is 3.92. The quantitative estimate of drug-likeness (QED) is 0.512. The highest BCUT2D eigenvalue weighted by molar-refractivity contribution is 9.11. The molecule has 3 nitrogen and oxygen atoms in total. The summed E-state index contributed by atoms with van der Waals surface area (Å²) >= 11 is 12.7. The molecule has 0 saturated carbocycles. The Morgan fingerprint density at radius 2 is 1.85 bits per heavy atom. The van der Waals surface area contributed by atoms with Gasteiger partial charge in [0.05, 0.1) is 8.95 Å². The first kappa shape index (κ1) is 13.8. The molecule has 0 radical (unpaired) electrons. The van der Waals surface area contributed by atoms with Crippen molar-refractivity contribution in [2.24, 2.45) is 0 Å². The van der Waals surface area contributed by atoms with Gasteiger partial charge in [0.1, 0.15) is 5.75 Å². The average Bonchev–Trinajstić information content (AvgIpc) is 2.46. The average molecular weight is 414 g/mol. The summed E-state index contributed by atoms with van der Waals surface area (Å²) in [6.45, 7) is 0. The van der Waals surface area contributed by atoms with E-state index < -0.39 is 0 Å². The van der Waals surface area contributed by atoms with Crippen LogP contribution < -0.4 is 4.74 Å². The molecule has 1 heterocycles. The van der Waals surface area contributed by atoms with Crippen LogP contribution in [0.15, 0.2) is 51.5 Å². The first-order chi connectivity index (χ1) is 9.65. The van der Waals surface area contributed by atoms with E-state index in [9.17, 15) is 0 Å². The van der Waals surface area contributed by atoms with Gasteiger partial charge < -0.3 is 4.74 Å². The predicted octanol–water partition coefficient (Wildman–Crippen LogP) is 5.60. The number of benzene rings is 2. The number of halogens is 3. The van der Waals surface area contributed by atoms with Crippen LogP contribution in [-0.4, -0.2) is 9.97 Å². The molecule has 3 aromatic rings. The molecule has 0 amide bonds. The highest BCUT2D eigenvalue weighted by atomic mass is 79.9. The summed E-state index contributed by atoms with van der Waals surface area (Å²) < 4.78 is 7.31. The number of rotatable bonds is 2. The van der Waals surface area contributed by atoms with Gasteiger partial charge in [0, 0.05) is 6.20 Å². The van der Waals surface area contributed by atoms with E-state index in [1.54, 1.807) is 6.20 Å². The molecule has 0 saturated heterocycles. The van der Waals surface area contributed by atoms with E-state index in [0.717, 1.165) is 15.2 Å². The van der Waals surface area contributed by atoms with Gasteiger partial charge in [0.2, 0.25) is 11.2 Å². The van der Waals surface area contributed by atoms with Crippen molar-refractivity contribution in [3.63, 3.8) is 0 Å². The minimum absolute atomic E-state index is 0.139. The van der Waals surface area contributed by atoms with E-state index in [1.807, 2.05) is 36.4 Å². The van der Waals surface area contributed by atoms with E-state index >= 15 is 0 Å². The zero-order chi connectivity index (χ0) is 14.1. The van der Waals surface area contributed by atoms with Crippen molar-refractivity contribution in [2.45, 2.75) is 0 Å². The Bertz CT molecular complexity index is 795. The summed E-state index contributed by atoms with van der Waals surface area (Å²) in [6, 6.07) is 11.9. The Hall–Kier alpha value is -1.17. The standard InChI is InChI=1S/C14H7Br2ClN2O/c15-10-7-18-14(17)19-13(10)20-11-6-5-8-3-1-2-4-9(8)12(11)16/h1-7H. The van der Waals surface area contributed by atoms with Crippen LogP contribution in [0.25, 0.3) is 10.8 Å². The highest BCUT2D eigenvalue weighted by Crippen LogP contribution is 2.37. The first-order valence-electron chi connectivity index (χ1n) is 5.68. The van der Waals surface area contributed by atoms with Gasteiger partial charge in [0.15, 0.2) is 0 Å². The Morgan fingerprint density at radius 1 is 1.05 bits per heavy atom. The largest absolute Gasteiger partial charge is 0.436 e. The summed E-state index contributed by atoms with van der Waals surface area (Å²) in [5.74, 6) is 1.04. The summed E-state index contributed by atoms with van der Waals surface area (Å²) in [6.07, 6.45) is 1.56. The SMILES string of the molecule is Clc1ncc(Br)c(Oc2ccc3ccccc3c2Br)n1. The van der Waals surface area contributed by atoms with Crippen molar-refractivity contribution in [1.82, 2.24) is 9.97 Å². The normalized spacial score (nSPS) is 10.8. The maximum absolute atomic E-state index is 5.80. The summed E-state index contributed by atoms with van der Waals surface area (Å²) in [5, 5.41) is 2.34. The molecule has 0 aliphatic carbocycles. The third-order valence-corrected chi connectivity index (χ3v) is 4.26. The molecule has 6 heteroatoms. The number of aromatic nitrogens is 2. The minimum Gasteiger partial charge on any atom is -0.436 e. The number of hydrogen-bond donors (Lipinski definition) is 0.